The molecule has 0 aliphatic heterocycles. The second-order valence-corrected chi connectivity index (χ2v) is 7.32. The largest absolute Gasteiger partial charge is 0.392 e. The quantitative estimate of drug-likeness (QED) is 0.708. The van der Waals surface area contributed by atoms with Crippen LogP contribution in [-0.4, -0.2) is 38.4 Å². The molecule has 3 N–H and O–H groups in total. The van der Waals surface area contributed by atoms with E-state index in [0.717, 1.165) is 12.8 Å². The number of rotatable bonds is 6. The van der Waals surface area contributed by atoms with Crippen molar-refractivity contribution in [2.75, 3.05) is 19.5 Å². The van der Waals surface area contributed by atoms with Crippen LogP contribution in [0.25, 0.3) is 0 Å². The Balaban J connectivity index is 2.78. The highest BCUT2D eigenvalue weighted by molar-refractivity contribution is 7.89. The van der Waals surface area contributed by atoms with Crippen LogP contribution < -0.4 is 10.5 Å². The van der Waals surface area contributed by atoms with Gasteiger partial charge < -0.3 is 10.5 Å². The lowest BCUT2D eigenvalue weighted by Gasteiger charge is -2.38. The van der Waals surface area contributed by atoms with Gasteiger partial charge in [0.2, 0.25) is 10.0 Å². The molecule has 0 aromatic rings. The molecule has 0 bridgehead atoms. The highest BCUT2D eigenvalue weighted by atomic mass is 32.2. The molecule has 0 unspecified atom stereocenters. The number of ether oxygens (including phenoxy) is 1. The van der Waals surface area contributed by atoms with E-state index in [1.165, 1.54) is 7.11 Å². The van der Waals surface area contributed by atoms with Crippen LogP contribution in [0, 0.1) is 5.92 Å². The molecule has 0 aromatic heterocycles. The van der Waals surface area contributed by atoms with Crippen LogP contribution in [0.15, 0.2) is 0 Å². The van der Waals surface area contributed by atoms with Crippen molar-refractivity contribution in [3.05, 3.63) is 0 Å². The molecule has 7 heteroatoms. The minimum atomic E-state index is -3.41. The van der Waals surface area contributed by atoms with Gasteiger partial charge in [0.1, 0.15) is 0 Å². The molecule has 1 aliphatic carbocycles. The normalized spacial score (nSPS) is 29.1. The minimum Gasteiger partial charge on any atom is -0.392 e. The van der Waals surface area contributed by atoms with Gasteiger partial charge >= 0.3 is 0 Å². The maximum atomic E-state index is 11.9. The first-order valence-corrected chi connectivity index (χ1v) is 8.18. The SMILES string of the molecule is COCCS(=O)(=O)NC1(C(N)=S)CCC(C)CC1. The molecule has 0 heterocycles. The Bertz CT molecular complexity index is 387. The molecule has 1 aliphatic rings. The van der Waals surface area contributed by atoms with E-state index in [1.54, 1.807) is 0 Å². The Morgan fingerprint density at radius 3 is 2.50 bits per heavy atom. The molecule has 0 atom stereocenters. The molecule has 0 saturated heterocycles. The van der Waals surface area contributed by atoms with Crippen LogP contribution in [0.3, 0.4) is 0 Å². The fourth-order valence-electron chi connectivity index (χ4n) is 2.20. The number of nitrogens with two attached hydrogens (primary N) is 1. The maximum Gasteiger partial charge on any atom is 0.214 e. The number of methoxy groups -OCH3 is 1. The summed E-state index contributed by atoms with van der Waals surface area (Å²) in [6.45, 7) is 2.32. The molecule has 0 aromatic carbocycles. The number of thiocarbonyl (C=S) groups is 1. The highest BCUT2D eigenvalue weighted by Gasteiger charge is 2.40. The van der Waals surface area contributed by atoms with Gasteiger partial charge in [0, 0.05) is 7.11 Å². The predicted molar refractivity (Wildman–Crippen MR) is 75.9 cm³/mol. The van der Waals surface area contributed by atoms with Crippen molar-refractivity contribution >= 4 is 27.2 Å². The third-order valence-electron chi connectivity index (χ3n) is 3.51. The average Bonchev–Trinajstić information content (AvgIpc) is 2.29. The Morgan fingerprint density at radius 1 is 1.50 bits per heavy atom. The van der Waals surface area contributed by atoms with Crippen molar-refractivity contribution in [3.63, 3.8) is 0 Å². The smallest absolute Gasteiger partial charge is 0.214 e. The molecular formula is C11H22N2O3S2. The van der Waals surface area contributed by atoms with E-state index in [0.29, 0.717) is 18.8 Å². The molecular weight excluding hydrogens is 272 g/mol. The standard InChI is InChI=1S/C11H22N2O3S2/c1-9-3-5-11(6-4-9,10(12)17)13-18(14,15)8-7-16-2/h9,13H,3-8H2,1-2H3,(H2,12,17). The summed E-state index contributed by atoms with van der Waals surface area (Å²) in [4.78, 5) is 0.246. The highest BCUT2D eigenvalue weighted by Crippen LogP contribution is 2.32. The summed E-state index contributed by atoms with van der Waals surface area (Å²) in [5, 5.41) is 0. The lowest BCUT2D eigenvalue weighted by Crippen LogP contribution is -2.58. The van der Waals surface area contributed by atoms with Gasteiger partial charge in [0.15, 0.2) is 0 Å². The lowest BCUT2D eigenvalue weighted by molar-refractivity contribution is 0.216. The zero-order valence-corrected chi connectivity index (χ0v) is 12.6. The van der Waals surface area contributed by atoms with E-state index < -0.39 is 15.6 Å². The van der Waals surface area contributed by atoms with Gasteiger partial charge in [-0.1, -0.05) is 19.1 Å². The Hall–Kier alpha value is -0.240. The molecule has 1 rings (SSSR count). The van der Waals surface area contributed by atoms with E-state index in [-0.39, 0.29) is 17.3 Å². The van der Waals surface area contributed by atoms with Crippen molar-refractivity contribution in [2.45, 2.75) is 38.1 Å². The van der Waals surface area contributed by atoms with Gasteiger partial charge in [-0.25, -0.2) is 13.1 Å². The van der Waals surface area contributed by atoms with E-state index >= 15 is 0 Å². The molecule has 0 radical (unpaired) electrons. The molecule has 18 heavy (non-hydrogen) atoms. The van der Waals surface area contributed by atoms with Gasteiger partial charge in [0.25, 0.3) is 0 Å². The van der Waals surface area contributed by atoms with E-state index in [4.69, 9.17) is 22.7 Å². The third-order valence-corrected chi connectivity index (χ3v) is 5.30. The van der Waals surface area contributed by atoms with Crippen LogP contribution >= 0.6 is 12.2 Å². The monoisotopic (exact) mass is 294 g/mol. The summed E-state index contributed by atoms with van der Waals surface area (Å²) in [6.07, 6.45) is 3.22. The van der Waals surface area contributed by atoms with Crippen molar-refractivity contribution in [2.24, 2.45) is 11.7 Å². The van der Waals surface area contributed by atoms with Gasteiger partial charge in [-0.15, -0.1) is 0 Å². The summed E-state index contributed by atoms with van der Waals surface area (Å²) in [7, 11) is -1.93. The summed E-state index contributed by atoms with van der Waals surface area (Å²) < 4.78 is 31.4. The Morgan fingerprint density at radius 2 is 2.06 bits per heavy atom. The van der Waals surface area contributed by atoms with Crippen molar-refractivity contribution in [3.8, 4) is 0 Å². The van der Waals surface area contributed by atoms with Gasteiger partial charge in [-0.2, -0.15) is 0 Å². The van der Waals surface area contributed by atoms with Crippen molar-refractivity contribution in [1.29, 1.82) is 0 Å². The fraction of sp³-hybridized carbons (Fsp3) is 0.909. The van der Waals surface area contributed by atoms with E-state index in [9.17, 15) is 8.42 Å². The number of hydrogen-bond donors (Lipinski definition) is 2. The molecule has 106 valence electrons. The average molecular weight is 294 g/mol. The second-order valence-electron chi connectivity index (χ2n) is 5.04. The van der Waals surface area contributed by atoms with Crippen LogP contribution in [0.2, 0.25) is 0 Å². The Labute approximate surface area is 115 Å². The van der Waals surface area contributed by atoms with Crippen LogP contribution in [0.5, 0.6) is 0 Å². The molecule has 1 saturated carbocycles. The first-order valence-electron chi connectivity index (χ1n) is 6.12. The topological polar surface area (TPSA) is 81.4 Å². The van der Waals surface area contributed by atoms with E-state index in [2.05, 4.69) is 11.6 Å². The summed E-state index contributed by atoms with van der Waals surface area (Å²) >= 11 is 5.07. The molecule has 0 amide bonds. The Kier molecular flexibility index (Phi) is 5.51. The van der Waals surface area contributed by atoms with Gasteiger partial charge in [0.05, 0.1) is 22.9 Å². The van der Waals surface area contributed by atoms with Crippen LogP contribution in [-0.2, 0) is 14.8 Å². The summed E-state index contributed by atoms with van der Waals surface area (Å²) in [6, 6.07) is 0. The van der Waals surface area contributed by atoms with Gasteiger partial charge in [-0.05, 0) is 31.6 Å². The maximum absolute atomic E-state index is 11.9. The molecule has 0 spiro atoms. The number of hydrogen-bond acceptors (Lipinski definition) is 4. The van der Waals surface area contributed by atoms with Crippen LogP contribution in [0.4, 0.5) is 0 Å². The third kappa shape index (κ3) is 4.15. The summed E-state index contributed by atoms with van der Waals surface area (Å²) in [5.74, 6) is 0.527. The van der Waals surface area contributed by atoms with Crippen molar-refractivity contribution in [1.82, 2.24) is 4.72 Å². The lowest BCUT2D eigenvalue weighted by atomic mass is 9.78. The minimum absolute atomic E-state index is 0.0661. The van der Waals surface area contributed by atoms with Gasteiger partial charge in [-0.3, -0.25) is 0 Å². The van der Waals surface area contributed by atoms with Crippen LogP contribution in [0.1, 0.15) is 32.6 Å². The zero-order valence-electron chi connectivity index (χ0n) is 10.9. The van der Waals surface area contributed by atoms with Crippen molar-refractivity contribution < 1.29 is 13.2 Å². The first kappa shape index (κ1) is 15.8. The first-order chi connectivity index (χ1) is 8.31. The number of sulfonamides is 1. The molecule has 1 fully saturated rings. The molecule has 5 nitrogen and oxygen atoms in total. The zero-order chi connectivity index (χ0) is 13.8. The predicted octanol–water partition coefficient (Wildman–Crippen LogP) is 0.787. The second kappa shape index (κ2) is 6.27. The number of nitrogens with one attached hydrogen (secondary N) is 1. The fourth-order valence-corrected chi connectivity index (χ4v) is 3.91. The van der Waals surface area contributed by atoms with E-state index in [1.807, 2.05) is 0 Å². The summed E-state index contributed by atoms with van der Waals surface area (Å²) in [5.41, 5.74) is 5.02.